The summed E-state index contributed by atoms with van der Waals surface area (Å²) in [4.78, 5) is 20.4. The molecule has 2 aromatic heterocycles. The normalized spacial score (nSPS) is 12.2. The number of hydrogen-bond donors (Lipinski definition) is 1. The Morgan fingerprint density at radius 2 is 2.21 bits per heavy atom. The van der Waals surface area contributed by atoms with Gasteiger partial charge in [-0.25, -0.2) is 9.97 Å². The van der Waals surface area contributed by atoms with Crippen molar-refractivity contribution in [1.82, 2.24) is 15.3 Å². The van der Waals surface area contributed by atoms with Gasteiger partial charge in [-0.05, 0) is 55.6 Å². The molecule has 0 aromatic carbocycles. The molecule has 0 saturated carbocycles. The largest absolute Gasteiger partial charge is 0.348 e. The summed E-state index contributed by atoms with van der Waals surface area (Å²) in [5.41, 5.74) is 2.48. The maximum absolute atomic E-state index is 12.1. The monoisotopic (exact) mass is 275 g/mol. The van der Waals surface area contributed by atoms with Crippen molar-refractivity contribution >= 4 is 17.2 Å². The van der Waals surface area contributed by atoms with Crippen LogP contribution in [-0.2, 0) is 6.42 Å². The van der Waals surface area contributed by atoms with Crippen molar-refractivity contribution in [2.24, 2.45) is 0 Å². The first-order valence-electron chi connectivity index (χ1n) is 6.19. The molecule has 1 amide bonds. The number of hydrogen-bond acceptors (Lipinski definition) is 4. The van der Waals surface area contributed by atoms with Crippen LogP contribution in [0.15, 0.2) is 22.9 Å². The van der Waals surface area contributed by atoms with E-state index in [1.807, 2.05) is 19.2 Å². The molecule has 1 N–H and O–H groups in total. The molecule has 0 aliphatic carbocycles. The molecule has 2 rings (SSSR count). The van der Waals surface area contributed by atoms with E-state index in [-0.39, 0.29) is 11.9 Å². The molecule has 1 atom stereocenters. The summed E-state index contributed by atoms with van der Waals surface area (Å²) in [5.74, 6) is 0.479. The molecule has 0 saturated heterocycles. The van der Waals surface area contributed by atoms with Crippen LogP contribution in [0.2, 0.25) is 0 Å². The Morgan fingerprint density at radius 3 is 2.84 bits per heavy atom. The predicted molar refractivity (Wildman–Crippen MR) is 76.5 cm³/mol. The van der Waals surface area contributed by atoms with Crippen LogP contribution in [-0.4, -0.2) is 21.9 Å². The Morgan fingerprint density at radius 1 is 1.42 bits per heavy atom. The van der Waals surface area contributed by atoms with Gasteiger partial charge in [0.05, 0.1) is 0 Å². The summed E-state index contributed by atoms with van der Waals surface area (Å²) in [5, 5.41) is 7.11. The third kappa shape index (κ3) is 3.86. The fourth-order valence-electron chi connectivity index (χ4n) is 1.94. The lowest BCUT2D eigenvalue weighted by molar-refractivity contribution is 0.0934. The minimum Gasteiger partial charge on any atom is -0.348 e. The third-order valence-corrected chi connectivity index (χ3v) is 3.43. The number of carbonyl (C=O) groups is 1. The zero-order valence-electron chi connectivity index (χ0n) is 11.3. The van der Waals surface area contributed by atoms with Crippen molar-refractivity contribution in [3.05, 3.63) is 45.7 Å². The van der Waals surface area contributed by atoms with Crippen molar-refractivity contribution in [2.75, 3.05) is 0 Å². The molecule has 100 valence electrons. The molecular formula is C14H17N3OS. The molecule has 0 radical (unpaired) electrons. The fraction of sp³-hybridized carbons (Fsp3) is 0.357. The second-order valence-electron chi connectivity index (χ2n) is 4.65. The highest BCUT2D eigenvalue weighted by atomic mass is 32.1. The van der Waals surface area contributed by atoms with Crippen molar-refractivity contribution < 1.29 is 4.79 Å². The molecule has 0 unspecified atom stereocenters. The molecular weight excluding hydrogens is 258 g/mol. The number of aryl methyl sites for hydroxylation is 2. The van der Waals surface area contributed by atoms with Gasteiger partial charge in [0.25, 0.3) is 5.91 Å². The van der Waals surface area contributed by atoms with Crippen LogP contribution in [0.1, 0.15) is 34.5 Å². The van der Waals surface area contributed by atoms with Crippen molar-refractivity contribution in [2.45, 2.75) is 33.2 Å². The summed E-state index contributed by atoms with van der Waals surface area (Å²) in [6, 6.07) is 3.86. The summed E-state index contributed by atoms with van der Waals surface area (Å²) in [6.07, 6.45) is 0.832. The molecule has 4 nitrogen and oxygen atoms in total. The van der Waals surface area contributed by atoms with E-state index in [0.29, 0.717) is 11.5 Å². The predicted octanol–water partition coefficient (Wildman–Crippen LogP) is 2.52. The van der Waals surface area contributed by atoms with E-state index in [2.05, 4.69) is 26.7 Å². The standard InChI is InChI=1S/C14H17N3OS/c1-9(6-12-4-5-19-8-12)16-14(18)13-7-10(2)15-11(3)17-13/h4-5,7-9H,6H2,1-3H3,(H,16,18)/t9-/m0/s1. The topological polar surface area (TPSA) is 54.9 Å². The number of amides is 1. The Balaban J connectivity index is 2.00. The number of carbonyl (C=O) groups excluding carboxylic acids is 1. The molecule has 0 bridgehead atoms. The van der Waals surface area contributed by atoms with Gasteiger partial charge in [-0.2, -0.15) is 11.3 Å². The van der Waals surface area contributed by atoms with Gasteiger partial charge in [0.1, 0.15) is 11.5 Å². The number of rotatable bonds is 4. The first-order valence-corrected chi connectivity index (χ1v) is 7.13. The summed E-state index contributed by atoms with van der Waals surface area (Å²) in [7, 11) is 0. The van der Waals surface area contributed by atoms with Gasteiger partial charge in [0.2, 0.25) is 0 Å². The molecule has 0 aliphatic rings. The molecule has 0 aliphatic heterocycles. The van der Waals surface area contributed by atoms with Crippen LogP contribution in [0.4, 0.5) is 0 Å². The Kier molecular flexibility index (Phi) is 4.27. The Bertz CT molecular complexity index is 546. The number of nitrogens with zero attached hydrogens (tertiary/aromatic N) is 2. The molecule has 19 heavy (non-hydrogen) atoms. The maximum atomic E-state index is 12.1. The van der Waals surface area contributed by atoms with E-state index in [0.717, 1.165) is 12.1 Å². The zero-order valence-corrected chi connectivity index (χ0v) is 12.1. The van der Waals surface area contributed by atoms with Gasteiger partial charge in [0, 0.05) is 11.7 Å². The van der Waals surface area contributed by atoms with Crippen LogP contribution >= 0.6 is 11.3 Å². The SMILES string of the molecule is Cc1cc(C(=O)N[C@@H](C)Cc2ccsc2)nc(C)n1. The molecule has 2 aromatic rings. The van der Waals surface area contributed by atoms with Gasteiger partial charge in [-0.1, -0.05) is 0 Å². The van der Waals surface area contributed by atoms with Gasteiger partial charge in [-0.15, -0.1) is 0 Å². The van der Waals surface area contributed by atoms with Crippen molar-refractivity contribution in [3.8, 4) is 0 Å². The fourth-order valence-corrected chi connectivity index (χ4v) is 2.63. The van der Waals surface area contributed by atoms with Gasteiger partial charge < -0.3 is 5.32 Å². The average molecular weight is 275 g/mol. The second-order valence-corrected chi connectivity index (χ2v) is 5.43. The maximum Gasteiger partial charge on any atom is 0.270 e. The molecule has 0 spiro atoms. The van der Waals surface area contributed by atoms with Crippen LogP contribution < -0.4 is 5.32 Å². The minimum atomic E-state index is -0.142. The Hall–Kier alpha value is -1.75. The van der Waals surface area contributed by atoms with E-state index in [1.165, 1.54) is 5.56 Å². The number of aromatic nitrogens is 2. The minimum absolute atomic E-state index is 0.0812. The van der Waals surface area contributed by atoms with Crippen LogP contribution in [0, 0.1) is 13.8 Å². The van der Waals surface area contributed by atoms with Crippen LogP contribution in [0.25, 0.3) is 0 Å². The highest BCUT2D eigenvalue weighted by Gasteiger charge is 2.12. The number of nitrogens with one attached hydrogen (secondary N) is 1. The molecule has 0 fully saturated rings. The second kappa shape index (κ2) is 5.93. The summed E-state index contributed by atoms with van der Waals surface area (Å²) < 4.78 is 0. The van der Waals surface area contributed by atoms with Gasteiger partial charge in [-0.3, -0.25) is 4.79 Å². The average Bonchev–Trinajstić information content (AvgIpc) is 2.80. The lowest BCUT2D eigenvalue weighted by atomic mass is 10.1. The van der Waals surface area contributed by atoms with Gasteiger partial charge in [0.15, 0.2) is 0 Å². The third-order valence-electron chi connectivity index (χ3n) is 2.70. The van der Waals surface area contributed by atoms with Crippen LogP contribution in [0.5, 0.6) is 0 Å². The zero-order chi connectivity index (χ0) is 13.8. The van der Waals surface area contributed by atoms with E-state index < -0.39 is 0 Å². The molecule has 5 heteroatoms. The van der Waals surface area contributed by atoms with Gasteiger partial charge >= 0.3 is 0 Å². The summed E-state index contributed by atoms with van der Waals surface area (Å²) >= 11 is 1.67. The lowest BCUT2D eigenvalue weighted by Gasteiger charge is -2.13. The van der Waals surface area contributed by atoms with E-state index >= 15 is 0 Å². The smallest absolute Gasteiger partial charge is 0.270 e. The summed E-state index contributed by atoms with van der Waals surface area (Å²) in [6.45, 7) is 5.65. The highest BCUT2D eigenvalue weighted by molar-refractivity contribution is 7.07. The molecule has 2 heterocycles. The van der Waals surface area contributed by atoms with Crippen molar-refractivity contribution in [3.63, 3.8) is 0 Å². The van der Waals surface area contributed by atoms with E-state index in [9.17, 15) is 4.79 Å². The van der Waals surface area contributed by atoms with Crippen molar-refractivity contribution in [1.29, 1.82) is 0 Å². The number of thiophene rings is 1. The van der Waals surface area contributed by atoms with E-state index in [1.54, 1.807) is 24.3 Å². The first kappa shape index (κ1) is 13.7. The van der Waals surface area contributed by atoms with E-state index in [4.69, 9.17) is 0 Å². The van der Waals surface area contributed by atoms with Crippen LogP contribution in [0.3, 0.4) is 0 Å². The highest BCUT2D eigenvalue weighted by Crippen LogP contribution is 2.09. The Labute approximate surface area is 116 Å². The lowest BCUT2D eigenvalue weighted by Crippen LogP contribution is -2.34. The quantitative estimate of drug-likeness (QED) is 0.932. The first-order chi connectivity index (χ1) is 9.04.